The van der Waals surface area contributed by atoms with Crippen LogP contribution in [0.3, 0.4) is 0 Å². The molecule has 0 radical (unpaired) electrons. The number of carboxylic acid groups (broad SMARTS) is 1. The predicted octanol–water partition coefficient (Wildman–Crippen LogP) is 0.175. The zero-order valence-electron chi connectivity index (χ0n) is 10.3. The van der Waals surface area contributed by atoms with E-state index in [9.17, 15) is 14.7 Å². The molecule has 1 rings (SSSR count). The van der Waals surface area contributed by atoms with Gasteiger partial charge in [-0.2, -0.15) is 5.26 Å². The third kappa shape index (κ3) is 3.11. The van der Waals surface area contributed by atoms with Crippen LogP contribution in [0.4, 0.5) is 4.79 Å². The van der Waals surface area contributed by atoms with Gasteiger partial charge in [0.05, 0.1) is 19.1 Å². The van der Waals surface area contributed by atoms with E-state index in [-0.39, 0.29) is 26.0 Å². The van der Waals surface area contributed by atoms with Crippen LogP contribution in [0.15, 0.2) is 0 Å². The maximum absolute atomic E-state index is 11.9. The number of urea groups is 1. The molecule has 1 saturated heterocycles. The summed E-state index contributed by atoms with van der Waals surface area (Å²) in [4.78, 5) is 24.6. The van der Waals surface area contributed by atoms with Gasteiger partial charge in [0.15, 0.2) is 5.54 Å². The minimum Gasteiger partial charge on any atom is -0.479 e. The number of hydrogen-bond donors (Lipinski definition) is 2. The first-order valence-electron chi connectivity index (χ1n) is 5.81. The number of carboxylic acids is 1. The van der Waals surface area contributed by atoms with Crippen LogP contribution in [-0.4, -0.2) is 53.8 Å². The molecule has 1 heterocycles. The Bertz CT molecular complexity index is 358. The van der Waals surface area contributed by atoms with E-state index in [0.717, 1.165) is 0 Å². The molecular weight excluding hydrogens is 238 g/mol. The number of carbonyl (C=O) groups is 2. The van der Waals surface area contributed by atoms with E-state index >= 15 is 0 Å². The number of rotatable bonds is 5. The highest BCUT2D eigenvalue weighted by atomic mass is 16.5. The number of ether oxygens (including phenoxy) is 1. The number of amides is 2. The molecule has 2 N–H and O–H groups in total. The average molecular weight is 255 g/mol. The number of hydrogen-bond acceptors (Lipinski definition) is 4. The summed E-state index contributed by atoms with van der Waals surface area (Å²) in [5, 5.41) is 20.2. The zero-order chi connectivity index (χ0) is 13.6. The standard InChI is InChI=1S/C11H17N3O4/c1-2-14(6-3-5-12)10(17)13-11(9(15)16)4-7-18-8-11/h2-4,6-8H2,1H3,(H,13,17)(H,15,16). The molecule has 7 nitrogen and oxygen atoms in total. The number of nitrogens with one attached hydrogen (secondary N) is 1. The van der Waals surface area contributed by atoms with Gasteiger partial charge in [0.1, 0.15) is 0 Å². The molecule has 0 aromatic heterocycles. The van der Waals surface area contributed by atoms with Gasteiger partial charge in [0, 0.05) is 26.1 Å². The van der Waals surface area contributed by atoms with Crippen molar-refractivity contribution < 1.29 is 19.4 Å². The topological polar surface area (TPSA) is 103 Å². The Labute approximate surface area is 105 Å². The van der Waals surface area contributed by atoms with Gasteiger partial charge in [-0.25, -0.2) is 9.59 Å². The average Bonchev–Trinajstić information content (AvgIpc) is 2.80. The second-order valence-electron chi connectivity index (χ2n) is 4.11. The van der Waals surface area contributed by atoms with Crippen molar-refractivity contribution in [2.75, 3.05) is 26.3 Å². The fourth-order valence-electron chi connectivity index (χ4n) is 1.76. The highest BCUT2D eigenvalue weighted by Crippen LogP contribution is 2.19. The van der Waals surface area contributed by atoms with Gasteiger partial charge in [-0.15, -0.1) is 0 Å². The summed E-state index contributed by atoms with van der Waals surface area (Å²) in [6, 6.07) is 1.48. The normalized spacial score (nSPS) is 22.2. The van der Waals surface area contributed by atoms with E-state index in [1.165, 1.54) is 4.90 Å². The zero-order valence-corrected chi connectivity index (χ0v) is 10.3. The third-order valence-corrected chi connectivity index (χ3v) is 2.94. The van der Waals surface area contributed by atoms with Crippen LogP contribution in [0.1, 0.15) is 19.8 Å². The molecule has 0 aromatic rings. The summed E-state index contributed by atoms with van der Waals surface area (Å²) in [5.74, 6) is -1.09. The van der Waals surface area contributed by atoms with E-state index < -0.39 is 17.5 Å². The number of aliphatic carboxylic acids is 1. The maximum atomic E-state index is 11.9. The second kappa shape index (κ2) is 6.21. The van der Waals surface area contributed by atoms with E-state index in [0.29, 0.717) is 13.2 Å². The molecule has 100 valence electrons. The first kappa shape index (κ1) is 14.3. The fourth-order valence-corrected chi connectivity index (χ4v) is 1.76. The highest BCUT2D eigenvalue weighted by molar-refractivity contribution is 5.86. The largest absolute Gasteiger partial charge is 0.479 e. The number of nitriles is 1. The maximum Gasteiger partial charge on any atom is 0.332 e. The Kier molecular flexibility index (Phi) is 4.92. The molecule has 18 heavy (non-hydrogen) atoms. The van der Waals surface area contributed by atoms with Crippen LogP contribution in [0, 0.1) is 11.3 Å². The van der Waals surface area contributed by atoms with Crippen LogP contribution in [-0.2, 0) is 9.53 Å². The van der Waals surface area contributed by atoms with Crippen LogP contribution >= 0.6 is 0 Å². The summed E-state index contributed by atoms with van der Waals surface area (Å²) in [7, 11) is 0. The fraction of sp³-hybridized carbons (Fsp3) is 0.727. The lowest BCUT2D eigenvalue weighted by atomic mass is 9.99. The molecule has 1 fully saturated rings. The molecule has 1 aliphatic rings. The summed E-state index contributed by atoms with van der Waals surface area (Å²) in [5.41, 5.74) is -1.34. The van der Waals surface area contributed by atoms with Gasteiger partial charge >= 0.3 is 12.0 Å². The van der Waals surface area contributed by atoms with E-state index in [1.807, 2.05) is 6.07 Å². The van der Waals surface area contributed by atoms with Crippen molar-refractivity contribution in [2.45, 2.75) is 25.3 Å². The molecule has 1 aliphatic heterocycles. The smallest absolute Gasteiger partial charge is 0.332 e. The molecule has 2 amide bonds. The van der Waals surface area contributed by atoms with Crippen LogP contribution in [0.25, 0.3) is 0 Å². The van der Waals surface area contributed by atoms with Gasteiger partial charge in [0.25, 0.3) is 0 Å². The lowest BCUT2D eigenvalue weighted by Gasteiger charge is -2.28. The molecule has 0 aliphatic carbocycles. The Morgan fingerprint density at radius 3 is 2.78 bits per heavy atom. The van der Waals surface area contributed by atoms with Gasteiger partial charge in [-0.05, 0) is 6.92 Å². The van der Waals surface area contributed by atoms with Gasteiger partial charge in [0.2, 0.25) is 0 Å². The molecule has 0 aromatic carbocycles. The summed E-state index contributed by atoms with van der Waals surface area (Å²) in [6.45, 7) is 2.77. The first-order chi connectivity index (χ1) is 8.55. The number of nitrogens with zero attached hydrogens (tertiary/aromatic N) is 2. The minimum absolute atomic E-state index is 0.0239. The lowest BCUT2D eigenvalue weighted by molar-refractivity contribution is -0.144. The Balaban J connectivity index is 2.66. The van der Waals surface area contributed by atoms with E-state index in [4.69, 9.17) is 10.00 Å². The van der Waals surface area contributed by atoms with Gasteiger partial charge in [-0.3, -0.25) is 0 Å². The van der Waals surface area contributed by atoms with Crippen molar-refractivity contribution in [3.63, 3.8) is 0 Å². The molecule has 0 spiro atoms. The Hall–Kier alpha value is -1.81. The Morgan fingerprint density at radius 2 is 2.33 bits per heavy atom. The second-order valence-corrected chi connectivity index (χ2v) is 4.11. The SMILES string of the molecule is CCN(CCC#N)C(=O)NC1(C(=O)O)CCOC1. The van der Waals surface area contributed by atoms with Crippen LogP contribution in [0.5, 0.6) is 0 Å². The van der Waals surface area contributed by atoms with E-state index in [2.05, 4.69) is 5.32 Å². The van der Waals surface area contributed by atoms with Gasteiger partial charge < -0.3 is 20.1 Å². The molecule has 1 atom stereocenters. The van der Waals surface area contributed by atoms with E-state index in [1.54, 1.807) is 6.92 Å². The molecule has 1 unspecified atom stereocenters. The molecule has 7 heteroatoms. The monoisotopic (exact) mass is 255 g/mol. The van der Waals surface area contributed by atoms with Crippen molar-refractivity contribution in [1.29, 1.82) is 5.26 Å². The van der Waals surface area contributed by atoms with Crippen LogP contribution in [0.2, 0.25) is 0 Å². The Morgan fingerprint density at radius 1 is 1.61 bits per heavy atom. The first-order valence-corrected chi connectivity index (χ1v) is 5.81. The van der Waals surface area contributed by atoms with Crippen molar-refractivity contribution >= 4 is 12.0 Å². The quantitative estimate of drug-likeness (QED) is 0.729. The lowest BCUT2D eigenvalue weighted by Crippen LogP contribution is -2.58. The summed E-state index contributed by atoms with van der Waals surface area (Å²) < 4.78 is 5.05. The molecular formula is C11H17N3O4. The van der Waals surface area contributed by atoms with Crippen molar-refractivity contribution in [1.82, 2.24) is 10.2 Å². The minimum atomic E-state index is -1.34. The van der Waals surface area contributed by atoms with Crippen molar-refractivity contribution in [3.8, 4) is 6.07 Å². The van der Waals surface area contributed by atoms with Gasteiger partial charge in [-0.1, -0.05) is 0 Å². The number of carbonyl (C=O) groups excluding carboxylic acids is 1. The highest BCUT2D eigenvalue weighted by Gasteiger charge is 2.44. The summed E-state index contributed by atoms with van der Waals surface area (Å²) >= 11 is 0. The predicted molar refractivity (Wildman–Crippen MR) is 61.8 cm³/mol. The summed E-state index contributed by atoms with van der Waals surface area (Å²) in [6.07, 6.45) is 0.474. The van der Waals surface area contributed by atoms with Crippen LogP contribution < -0.4 is 5.32 Å². The molecule has 0 bridgehead atoms. The van der Waals surface area contributed by atoms with Crippen molar-refractivity contribution in [2.24, 2.45) is 0 Å². The molecule has 0 saturated carbocycles. The third-order valence-electron chi connectivity index (χ3n) is 2.94. The van der Waals surface area contributed by atoms with Crippen molar-refractivity contribution in [3.05, 3.63) is 0 Å².